The summed E-state index contributed by atoms with van der Waals surface area (Å²) in [5, 5.41) is 14.3. The minimum Gasteiger partial charge on any atom is -0.481 e. The Kier molecular flexibility index (Phi) is 4.45. The number of carbonyl (C=O) groups is 2. The molecule has 2 amide bonds. The van der Waals surface area contributed by atoms with E-state index in [0.29, 0.717) is 12.8 Å². The number of halogens is 1. The SMILES string of the molecule is Cc1ccc(F)c(NC(=O)NCC2(C(=O)O)CCCC2)c1. The number of nitrogens with one attached hydrogen (secondary N) is 2. The minimum atomic E-state index is -0.887. The molecule has 1 aromatic carbocycles. The third-order valence-corrected chi connectivity index (χ3v) is 3.97. The minimum absolute atomic E-state index is 0.0571. The maximum atomic E-state index is 13.5. The Morgan fingerprint density at radius 3 is 2.62 bits per heavy atom. The van der Waals surface area contributed by atoms with Gasteiger partial charge in [0, 0.05) is 6.54 Å². The topological polar surface area (TPSA) is 78.4 Å². The number of carbonyl (C=O) groups excluding carboxylic acids is 1. The lowest BCUT2D eigenvalue weighted by atomic mass is 9.86. The molecule has 2 rings (SSSR count). The van der Waals surface area contributed by atoms with Gasteiger partial charge in [-0.25, -0.2) is 9.18 Å². The van der Waals surface area contributed by atoms with E-state index in [0.717, 1.165) is 18.4 Å². The van der Waals surface area contributed by atoms with Crippen LogP contribution in [0, 0.1) is 18.2 Å². The fourth-order valence-corrected chi connectivity index (χ4v) is 2.67. The lowest BCUT2D eigenvalue weighted by Crippen LogP contribution is -2.42. The molecule has 0 heterocycles. The zero-order valence-electron chi connectivity index (χ0n) is 11.9. The first-order valence-electron chi connectivity index (χ1n) is 6.97. The van der Waals surface area contributed by atoms with Crippen LogP contribution in [-0.4, -0.2) is 23.7 Å². The number of benzene rings is 1. The van der Waals surface area contributed by atoms with E-state index in [4.69, 9.17) is 0 Å². The van der Waals surface area contributed by atoms with Gasteiger partial charge in [-0.2, -0.15) is 0 Å². The van der Waals surface area contributed by atoms with Gasteiger partial charge in [-0.05, 0) is 37.5 Å². The number of rotatable bonds is 4. The van der Waals surface area contributed by atoms with Crippen LogP contribution < -0.4 is 10.6 Å². The van der Waals surface area contributed by atoms with Crippen LogP contribution >= 0.6 is 0 Å². The van der Waals surface area contributed by atoms with Gasteiger partial charge in [0.25, 0.3) is 0 Å². The normalized spacial score (nSPS) is 16.5. The summed E-state index contributed by atoms with van der Waals surface area (Å²) in [5.41, 5.74) is 0.0236. The first-order valence-corrected chi connectivity index (χ1v) is 6.97. The van der Waals surface area contributed by atoms with Gasteiger partial charge in [0.2, 0.25) is 0 Å². The van der Waals surface area contributed by atoms with E-state index in [1.807, 2.05) is 0 Å². The summed E-state index contributed by atoms with van der Waals surface area (Å²) >= 11 is 0. The van der Waals surface area contributed by atoms with Crippen molar-refractivity contribution in [2.24, 2.45) is 5.41 Å². The molecule has 1 fully saturated rings. The summed E-state index contributed by atoms with van der Waals surface area (Å²) in [6.07, 6.45) is 2.81. The van der Waals surface area contributed by atoms with Crippen molar-refractivity contribution in [3.63, 3.8) is 0 Å². The van der Waals surface area contributed by atoms with Crippen molar-refractivity contribution < 1.29 is 19.1 Å². The van der Waals surface area contributed by atoms with Crippen LogP contribution in [0.3, 0.4) is 0 Å². The van der Waals surface area contributed by atoms with Gasteiger partial charge in [-0.3, -0.25) is 4.79 Å². The molecule has 1 aromatic rings. The largest absolute Gasteiger partial charge is 0.481 e. The predicted molar refractivity (Wildman–Crippen MR) is 76.7 cm³/mol. The molecule has 114 valence electrons. The Balaban J connectivity index is 1.96. The van der Waals surface area contributed by atoms with Gasteiger partial charge in [-0.15, -0.1) is 0 Å². The van der Waals surface area contributed by atoms with Crippen molar-refractivity contribution in [2.75, 3.05) is 11.9 Å². The van der Waals surface area contributed by atoms with E-state index < -0.39 is 23.2 Å². The summed E-state index contributed by atoms with van der Waals surface area (Å²) < 4.78 is 13.5. The highest BCUT2D eigenvalue weighted by molar-refractivity contribution is 5.90. The Morgan fingerprint density at radius 1 is 1.33 bits per heavy atom. The van der Waals surface area contributed by atoms with Crippen LogP contribution in [-0.2, 0) is 4.79 Å². The zero-order valence-corrected chi connectivity index (χ0v) is 11.9. The molecule has 1 aliphatic carbocycles. The Bertz CT molecular complexity index is 554. The van der Waals surface area contributed by atoms with E-state index >= 15 is 0 Å². The number of hydrogen-bond donors (Lipinski definition) is 3. The number of carboxylic acids is 1. The van der Waals surface area contributed by atoms with Crippen molar-refractivity contribution in [2.45, 2.75) is 32.6 Å². The van der Waals surface area contributed by atoms with Crippen LogP contribution in [0.15, 0.2) is 18.2 Å². The second-order valence-corrected chi connectivity index (χ2v) is 5.58. The van der Waals surface area contributed by atoms with Gasteiger partial charge in [-0.1, -0.05) is 18.9 Å². The first-order chi connectivity index (χ1) is 9.93. The molecule has 0 unspecified atom stereocenters. The summed E-state index contributed by atoms with van der Waals surface area (Å²) in [6, 6.07) is 3.82. The molecule has 0 saturated heterocycles. The molecule has 0 atom stereocenters. The Hall–Kier alpha value is -2.11. The molecule has 5 nitrogen and oxygen atoms in total. The van der Waals surface area contributed by atoms with Crippen LogP contribution in [0.5, 0.6) is 0 Å². The molecule has 1 saturated carbocycles. The Labute approximate surface area is 122 Å². The monoisotopic (exact) mass is 294 g/mol. The standard InChI is InChI=1S/C15H19FN2O3/c1-10-4-5-11(16)12(8-10)18-14(21)17-9-15(13(19)20)6-2-3-7-15/h4-5,8H,2-3,6-7,9H2,1H3,(H,19,20)(H2,17,18,21). The number of urea groups is 1. The van der Waals surface area contributed by atoms with Crippen molar-refractivity contribution in [1.29, 1.82) is 0 Å². The van der Waals surface area contributed by atoms with E-state index in [1.165, 1.54) is 12.1 Å². The maximum absolute atomic E-state index is 13.5. The van der Waals surface area contributed by atoms with E-state index in [2.05, 4.69) is 10.6 Å². The van der Waals surface area contributed by atoms with Gasteiger partial charge < -0.3 is 15.7 Å². The predicted octanol–water partition coefficient (Wildman–Crippen LogP) is 2.90. The molecule has 6 heteroatoms. The van der Waals surface area contributed by atoms with Gasteiger partial charge >= 0.3 is 12.0 Å². The van der Waals surface area contributed by atoms with Crippen molar-refractivity contribution in [3.8, 4) is 0 Å². The molecular weight excluding hydrogens is 275 g/mol. The maximum Gasteiger partial charge on any atom is 0.319 e. The third kappa shape index (κ3) is 3.51. The van der Waals surface area contributed by atoms with Crippen LogP contribution in [0.1, 0.15) is 31.2 Å². The number of aryl methyl sites for hydroxylation is 1. The highest BCUT2D eigenvalue weighted by atomic mass is 19.1. The van der Waals surface area contributed by atoms with Crippen LogP contribution in [0.25, 0.3) is 0 Å². The van der Waals surface area contributed by atoms with Crippen molar-refractivity contribution in [1.82, 2.24) is 5.32 Å². The molecular formula is C15H19FN2O3. The average Bonchev–Trinajstić information content (AvgIpc) is 2.91. The lowest BCUT2D eigenvalue weighted by molar-refractivity contribution is -0.148. The van der Waals surface area contributed by atoms with E-state index in [1.54, 1.807) is 13.0 Å². The molecule has 0 aliphatic heterocycles. The molecule has 0 radical (unpaired) electrons. The van der Waals surface area contributed by atoms with E-state index in [-0.39, 0.29) is 12.2 Å². The van der Waals surface area contributed by atoms with E-state index in [9.17, 15) is 19.1 Å². The quantitative estimate of drug-likeness (QED) is 0.799. The smallest absolute Gasteiger partial charge is 0.319 e. The third-order valence-electron chi connectivity index (χ3n) is 3.97. The van der Waals surface area contributed by atoms with Gasteiger partial charge in [0.15, 0.2) is 0 Å². The molecule has 3 N–H and O–H groups in total. The number of aliphatic carboxylic acids is 1. The van der Waals surface area contributed by atoms with Crippen LogP contribution in [0.4, 0.5) is 14.9 Å². The van der Waals surface area contributed by atoms with Crippen LogP contribution in [0.2, 0.25) is 0 Å². The summed E-state index contributed by atoms with van der Waals surface area (Å²) in [6.45, 7) is 1.85. The van der Waals surface area contributed by atoms with Gasteiger partial charge in [0.1, 0.15) is 5.82 Å². The highest BCUT2D eigenvalue weighted by Gasteiger charge is 2.41. The number of anilines is 1. The fraction of sp³-hybridized carbons (Fsp3) is 0.467. The molecule has 1 aliphatic rings. The molecule has 0 bridgehead atoms. The first kappa shape index (κ1) is 15.3. The highest BCUT2D eigenvalue weighted by Crippen LogP contribution is 2.37. The number of amides is 2. The molecule has 0 aromatic heterocycles. The number of carboxylic acid groups (broad SMARTS) is 1. The lowest BCUT2D eigenvalue weighted by Gasteiger charge is -2.24. The second kappa shape index (κ2) is 6.11. The Morgan fingerprint density at radius 2 is 2.00 bits per heavy atom. The summed E-state index contributed by atoms with van der Waals surface area (Å²) in [4.78, 5) is 23.2. The zero-order chi connectivity index (χ0) is 15.5. The van der Waals surface area contributed by atoms with Crippen molar-refractivity contribution in [3.05, 3.63) is 29.6 Å². The number of hydrogen-bond acceptors (Lipinski definition) is 2. The molecule has 21 heavy (non-hydrogen) atoms. The molecule has 0 spiro atoms. The second-order valence-electron chi connectivity index (χ2n) is 5.58. The fourth-order valence-electron chi connectivity index (χ4n) is 2.67. The summed E-state index contributed by atoms with van der Waals surface area (Å²) in [7, 11) is 0. The van der Waals surface area contributed by atoms with Gasteiger partial charge in [0.05, 0.1) is 11.1 Å². The summed E-state index contributed by atoms with van der Waals surface area (Å²) in [5.74, 6) is -1.41. The average molecular weight is 294 g/mol. The van der Waals surface area contributed by atoms with Crippen molar-refractivity contribution >= 4 is 17.7 Å².